The van der Waals surface area contributed by atoms with Gasteiger partial charge in [-0.2, -0.15) is 10.2 Å². The monoisotopic (exact) mass is 1350 g/mol. The van der Waals surface area contributed by atoms with E-state index in [-0.39, 0.29) is 97.8 Å². The summed E-state index contributed by atoms with van der Waals surface area (Å²) in [7, 11) is 3.05. The molecule has 20 nitrogen and oxygen atoms in total. The summed E-state index contributed by atoms with van der Waals surface area (Å²) in [4.78, 5) is 11.0. The summed E-state index contributed by atoms with van der Waals surface area (Å²) in [5.74, 6) is 1.43. The van der Waals surface area contributed by atoms with Crippen molar-refractivity contribution in [3.8, 4) is 0 Å². The Labute approximate surface area is 574 Å². The maximum atomic E-state index is 11.0. The SMILES string of the molecule is CC(C)C1C=NN=C1.CC(C)CCO.CC(C)OC1CCC(O)C1.CC(C)OC1CCCC1O.CC(C)OCCO.CC1(C)COC(CO)C1.COC(=O)C(C)(C)OC(C)C.COC(C)(C)COC(C)C.Cc1ccc(C)n1C(C)C.OC1CCCC1.OCC1CCCO1. The summed E-state index contributed by atoms with van der Waals surface area (Å²) in [6.45, 7) is 52.2. The van der Waals surface area contributed by atoms with Gasteiger partial charge in [-0.1, -0.05) is 54.4 Å². The number of aliphatic hydroxyl groups is 7. The molecule has 0 aromatic carbocycles. The van der Waals surface area contributed by atoms with E-state index in [0.29, 0.717) is 55.8 Å². The van der Waals surface area contributed by atoms with Crippen LogP contribution in [0.15, 0.2) is 22.3 Å². The minimum Gasteiger partial charge on any atom is -0.467 e. The van der Waals surface area contributed by atoms with Gasteiger partial charge in [0.05, 0.1) is 126 Å². The number of nitrogens with zero attached hydrogens (tertiary/aromatic N) is 3. The topological polar surface area (TPSA) is 271 Å². The van der Waals surface area contributed by atoms with Crippen molar-refractivity contribution in [3.05, 3.63) is 23.5 Å². The third kappa shape index (κ3) is 57.4. The molecule has 1 aromatic heterocycles. The summed E-state index contributed by atoms with van der Waals surface area (Å²) in [6, 6.07) is 4.92. The lowest BCUT2D eigenvalue weighted by atomic mass is 9.91. The largest absolute Gasteiger partial charge is 0.467 e. The van der Waals surface area contributed by atoms with Crippen LogP contribution in [0.25, 0.3) is 0 Å². The summed E-state index contributed by atoms with van der Waals surface area (Å²) in [5, 5.41) is 68.2. The molecule has 6 aliphatic rings. The van der Waals surface area contributed by atoms with Crippen molar-refractivity contribution in [2.75, 3.05) is 67.1 Å². The van der Waals surface area contributed by atoms with Crippen molar-refractivity contribution in [1.29, 1.82) is 0 Å². The molecule has 3 aliphatic heterocycles. The zero-order valence-corrected chi connectivity index (χ0v) is 64.7. The standard InChI is InChI=1S/C9H15N.C8H16O3.2C8H16O2.C8H18O2.C7H14O2.C6H10N2.C5H10O2.C5H12O2.C5H10O.C5H12O/c1-7(2)10-8(3)5-6-9(10)4;1-6(2)11-8(3,4)7(9)10-5;1-6(2)10-8-4-3-7(9)5-8;1-6(2)10-8-5-3-4-7(8)9;1-7(2)10-6-8(3,4)9-5;1-7(2)3-6(4-8)9-5-7;1-5(2)6-3-7-8-4-6;6-4-5-2-1-3-7-5;1-5(2)7-4-3-6;6-5-3-1-2-4-5;1-5(2)3-4-6/h5-7H,1-4H3;6H,1-5H3;2*6-9H,3-5H2,1-2H3;7H,6H2,1-5H3;6,8H,3-5H2,1-2H3;3-6H,1-2H3;5-6H,1-4H2;5-6H,3-4H2,1-2H3;5-6H,1-4H2;5-6H,3-4H2,1-2H3. The first-order valence-corrected chi connectivity index (χ1v) is 35.5. The number of hydrogen-bond donors (Lipinski definition) is 7. The Hall–Kier alpha value is -2.51. The minimum absolute atomic E-state index is 0.0316. The molecular weight excluding hydrogens is 1200 g/mol. The van der Waals surface area contributed by atoms with Gasteiger partial charge in [0, 0.05) is 56.1 Å². The molecule has 0 bridgehead atoms. The molecule has 0 radical (unpaired) electrons. The summed E-state index contributed by atoms with van der Waals surface area (Å²) >= 11 is 0. The Kier molecular flexibility index (Phi) is 59.6. The lowest BCUT2D eigenvalue weighted by molar-refractivity contribution is -0.169. The molecule has 94 heavy (non-hydrogen) atoms. The van der Waals surface area contributed by atoms with Gasteiger partial charge >= 0.3 is 5.97 Å². The quantitative estimate of drug-likeness (QED) is 0.0598. The van der Waals surface area contributed by atoms with Crippen LogP contribution in [-0.2, 0) is 47.4 Å². The number of carbonyl (C=O) groups is 1. The molecule has 20 heteroatoms. The van der Waals surface area contributed by atoms with Crippen molar-refractivity contribution in [1.82, 2.24) is 4.57 Å². The van der Waals surface area contributed by atoms with E-state index in [1.165, 1.54) is 31.3 Å². The van der Waals surface area contributed by atoms with Gasteiger partial charge in [-0.3, -0.25) is 0 Å². The van der Waals surface area contributed by atoms with Crippen LogP contribution in [0.5, 0.6) is 0 Å². The molecule has 4 heterocycles. The molecular formula is C74H149N3O17. The second-order valence-electron chi connectivity index (χ2n) is 29.2. The Morgan fingerprint density at radius 1 is 0.638 bits per heavy atom. The van der Waals surface area contributed by atoms with Gasteiger partial charge in [0.15, 0.2) is 5.60 Å². The Bertz CT molecular complexity index is 1900. The molecule has 6 unspecified atom stereocenters. The van der Waals surface area contributed by atoms with Gasteiger partial charge in [-0.15, -0.1) is 0 Å². The van der Waals surface area contributed by atoms with Gasteiger partial charge in [-0.05, 0) is 231 Å². The molecule has 6 atom stereocenters. The average Bonchev–Trinajstić information content (AvgIpc) is 1.77. The average molecular weight is 1350 g/mol. The summed E-state index contributed by atoms with van der Waals surface area (Å²) in [5.41, 5.74) is 2.01. The van der Waals surface area contributed by atoms with Gasteiger partial charge in [0.1, 0.15) is 0 Å². The van der Waals surface area contributed by atoms with Crippen molar-refractivity contribution < 1.29 is 83.2 Å². The summed E-state index contributed by atoms with van der Waals surface area (Å²) < 4.78 is 49.0. The fraction of sp³-hybridized carbons (Fsp3) is 0.905. The fourth-order valence-corrected chi connectivity index (χ4v) is 9.69. The predicted molar refractivity (Wildman–Crippen MR) is 384 cm³/mol. The Morgan fingerprint density at radius 2 is 1.18 bits per heavy atom. The molecule has 5 fully saturated rings. The molecule has 0 amide bonds. The van der Waals surface area contributed by atoms with Crippen molar-refractivity contribution >= 4 is 18.4 Å². The number of hydrogen-bond acceptors (Lipinski definition) is 19. The smallest absolute Gasteiger partial charge is 0.337 e. The van der Waals surface area contributed by atoms with Crippen LogP contribution in [0.3, 0.4) is 0 Å². The van der Waals surface area contributed by atoms with E-state index in [1.54, 1.807) is 21.0 Å². The molecule has 3 aliphatic carbocycles. The highest BCUT2D eigenvalue weighted by atomic mass is 16.6. The fourth-order valence-electron chi connectivity index (χ4n) is 9.69. The molecule has 7 rings (SSSR count). The van der Waals surface area contributed by atoms with Crippen molar-refractivity contribution in [3.63, 3.8) is 0 Å². The third-order valence-electron chi connectivity index (χ3n) is 14.9. The number of aliphatic hydroxyl groups excluding tert-OH is 7. The van der Waals surface area contributed by atoms with Gasteiger partial charge in [0.25, 0.3) is 0 Å². The number of rotatable bonds is 20. The molecule has 2 saturated heterocycles. The van der Waals surface area contributed by atoms with E-state index in [0.717, 1.165) is 90.3 Å². The van der Waals surface area contributed by atoms with Crippen LogP contribution in [0.2, 0.25) is 0 Å². The van der Waals surface area contributed by atoms with Crippen LogP contribution in [0, 0.1) is 37.0 Å². The zero-order valence-electron chi connectivity index (χ0n) is 64.7. The highest BCUT2D eigenvalue weighted by Gasteiger charge is 2.32. The molecule has 3 saturated carbocycles. The van der Waals surface area contributed by atoms with E-state index < -0.39 is 5.60 Å². The maximum absolute atomic E-state index is 11.0. The van der Waals surface area contributed by atoms with E-state index >= 15 is 0 Å². The lowest BCUT2D eigenvalue weighted by Gasteiger charge is -2.24. The third-order valence-corrected chi connectivity index (χ3v) is 14.9. The highest BCUT2D eigenvalue weighted by Crippen LogP contribution is 2.31. The second-order valence-corrected chi connectivity index (χ2v) is 29.2. The van der Waals surface area contributed by atoms with Crippen molar-refractivity contribution in [2.45, 2.75) is 347 Å². The normalized spacial score (nSPS) is 21.2. The van der Waals surface area contributed by atoms with Crippen LogP contribution in [0.1, 0.15) is 260 Å². The predicted octanol–water partition coefficient (Wildman–Crippen LogP) is 13.2. The number of aromatic nitrogens is 1. The number of methoxy groups -OCH3 is 2. The highest BCUT2D eigenvalue weighted by molar-refractivity contribution is 5.87. The van der Waals surface area contributed by atoms with Gasteiger partial charge in [0.2, 0.25) is 0 Å². The van der Waals surface area contributed by atoms with Crippen LogP contribution in [0.4, 0.5) is 0 Å². The second kappa shape index (κ2) is 57.3. The minimum atomic E-state index is -0.830. The lowest BCUT2D eigenvalue weighted by Crippen LogP contribution is -2.38. The number of esters is 1. The van der Waals surface area contributed by atoms with Crippen LogP contribution < -0.4 is 0 Å². The molecule has 0 spiro atoms. The van der Waals surface area contributed by atoms with Gasteiger partial charge in [-0.25, -0.2) is 4.79 Å². The van der Waals surface area contributed by atoms with E-state index in [2.05, 4.69) is 101 Å². The first-order valence-electron chi connectivity index (χ1n) is 35.5. The Balaban J connectivity index is -0.000000476. The maximum Gasteiger partial charge on any atom is 0.337 e. The number of carbonyl (C=O) groups excluding carboxylic acids is 1. The zero-order chi connectivity index (χ0) is 73.2. The first kappa shape index (κ1) is 97.9. The molecule has 7 N–H and O–H groups in total. The molecule has 1 aromatic rings. The van der Waals surface area contributed by atoms with E-state index in [1.807, 2.05) is 95.5 Å². The number of aryl methyl sites for hydroxylation is 2. The van der Waals surface area contributed by atoms with Crippen molar-refractivity contribution in [2.24, 2.45) is 33.4 Å². The van der Waals surface area contributed by atoms with Gasteiger partial charge < -0.3 is 82.9 Å². The number of ether oxygens (including phenoxy) is 9. The summed E-state index contributed by atoms with van der Waals surface area (Å²) in [6.07, 6.45) is 19.7. The molecule has 562 valence electrons. The first-order chi connectivity index (χ1) is 43.7. The van der Waals surface area contributed by atoms with Crippen LogP contribution in [-0.4, -0.2) is 210 Å². The Morgan fingerprint density at radius 3 is 1.44 bits per heavy atom. The van der Waals surface area contributed by atoms with E-state index in [9.17, 15) is 9.90 Å². The van der Waals surface area contributed by atoms with E-state index in [4.69, 9.17) is 68.5 Å². The van der Waals surface area contributed by atoms with Crippen LogP contribution >= 0.6 is 0 Å².